The van der Waals surface area contributed by atoms with Crippen molar-refractivity contribution in [2.24, 2.45) is 7.05 Å². The Morgan fingerprint density at radius 3 is 2.66 bits per heavy atom. The Hall–Kier alpha value is -3.22. The fraction of sp³-hybridized carbons (Fsp3) is 0.261. The Morgan fingerprint density at radius 1 is 1.20 bits per heavy atom. The summed E-state index contributed by atoms with van der Waals surface area (Å²) < 4.78 is 7.89. The van der Waals surface area contributed by atoms with Crippen LogP contribution in [0.25, 0.3) is 21.5 Å². The highest BCUT2D eigenvalue weighted by Crippen LogP contribution is 2.35. The van der Waals surface area contributed by atoms with Crippen LogP contribution in [-0.4, -0.2) is 64.4 Å². The molecule has 0 aliphatic carbocycles. The number of rotatable bonds is 7. The predicted molar refractivity (Wildman–Crippen MR) is 140 cm³/mol. The molecule has 1 aromatic carbocycles. The second-order valence-electron chi connectivity index (χ2n) is 7.80. The zero-order valence-electron chi connectivity index (χ0n) is 19.7. The quantitative estimate of drug-likeness (QED) is 0.281. The van der Waals surface area contributed by atoms with E-state index in [1.54, 1.807) is 32.4 Å². The highest BCUT2D eigenvalue weighted by Gasteiger charge is 2.27. The molecule has 0 saturated heterocycles. The molecule has 3 aromatic heterocycles. The lowest BCUT2D eigenvalue weighted by Gasteiger charge is -2.08. The van der Waals surface area contributed by atoms with Gasteiger partial charge >= 0.3 is 5.97 Å². The van der Waals surface area contributed by atoms with Gasteiger partial charge in [0.05, 0.1) is 23.3 Å². The molecule has 3 heterocycles. The third-order valence-electron chi connectivity index (χ3n) is 5.28. The highest BCUT2D eigenvalue weighted by atomic mass is 32.2. The predicted octanol–water partition coefficient (Wildman–Crippen LogP) is 4.29. The Labute approximate surface area is 214 Å². The standard InChI is InChI=1S/C23H23N5O4S3/c1-12-17(22(31)32-5)20(35-18(12)21(30)27(2)3)24-16(29)11-34-23-26-25-19(28(23)4)14-10-33-15-9-7-6-8-13(14)15/h6-10H,11H2,1-5H3,(H,24,29). The van der Waals surface area contributed by atoms with Gasteiger partial charge in [-0.25, -0.2) is 4.79 Å². The van der Waals surface area contributed by atoms with Crippen molar-refractivity contribution in [1.82, 2.24) is 19.7 Å². The molecule has 0 saturated carbocycles. The van der Waals surface area contributed by atoms with Gasteiger partial charge in [0, 0.05) is 42.2 Å². The summed E-state index contributed by atoms with van der Waals surface area (Å²) in [6.45, 7) is 1.67. The molecule has 0 fully saturated rings. The maximum atomic E-state index is 12.8. The molecule has 0 radical (unpaired) electrons. The van der Waals surface area contributed by atoms with E-state index in [9.17, 15) is 14.4 Å². The summed E-state index contributed by atoms with van der Waals surface area (Å²) in [4.78, 5) is 39.4. The average molecular weight is 530 g/mol. The Morgan fingerprint density at radius 2 is 1.94 bits per heavy atom. The van der Waals surface area contributed by atoms with E-state index in [1.807, 2.05) is 29.8 Å². The van der Waals surface area contributed by atoms with Gasteiger partial charge in [0.2, 0.25) is 5.91 Å². The molecule has 2 amide bonds. The molecule has 0 bridgehead atoms. The van der Waals surface area contributed by atoms with E-state index < -0.39 is 5.97 Å². The molecule has 1 N–H and O–H groups in total. The van der Waals surface area contributed by atoms with Crippen molar-refractivity contribution in [3.05, 3.63) is 45.6 Å². The fourth-order valence-electron chi connectivity index (χ4n) is 3.48. The van der Waals surface area contributed by atoms with Crippen molar-refractivity contribution in [1.29, 1.82) is 0 Å². The number of amides is 2. The molecule has 0 spiro atoms. The minimum absolute atomic E-state index is 0.0465. The third kappa shape index (κ3) is 4.81. The summed E-state index contributed by atoms with van der Waals surface area (Å²) in [6, 6.07) is 8.10. The molecule has 35 heavy (non-hydrogen) atoms. The number of ether oxygens (including phenoxy) is 1. The number of methoxy groups -OCH3 is 1. The molecular formula is C23H23N5O4S3. The van der Waals surface area contributed by atoms with Crippen molar-refractivity contribution in [2.45, 2.75) is 12.1 Å². The zero-order valence-corrected chi connectivity index (χ0v) is 22.2. The van der Waals surface area contributed by atoms with Crippen LogP contribution >= 0.6 is 34.4 Å². The lowest BCUT2D eigenvalue weighted by Crippen LogP contribution is -2.21. The van der Waals surface area contributed by atoms with Crippen molar-refractivity contribution in [2.75, 3.05) is 32.3 Å². The van der Waals surface area contributed by atoms with Gasteiger partial charge in [-0.3, -0.25) is 9.59 Å². The summed E-state index contributed by atoms with van der Waals surface area (Å²) in [7, 11) is 6.38. The van der Waals surface area contributed by atoms with Gasteiger partial charge in [-0.15, -0.1) is 32.9 Å². The highest BCUT2D eigenvalue weighted by molar-refractivity contribution is 7.99. The molecule has 4 aromatic rings. The maximum absolute atomic E-state index is 12.8. The first kappa shape index (κ1) is 24.9. The number of carbonyl (C=O) groups excluding carboxylic acids is 3. The normalized spacial score (nSPS) is 11.0. The summed E-state index contributed by atoms with van der Waals surface area (Å²) in [5, 5.41) is 15.4. The number of hydrogen-bond donors (Lipinski definition) is 1. The van der Waals surface area contributed by atoms with E-state index in [4.69, 9.17) is 4.74 Å². The number of esters is 1. The van der Waals surface area contributed by atoms with Crippen LogP contribution in [0.3, 0.4) is 0 Å². The summed E-state index contributed by atoms with van der Waals surface area (Å²) in [6.07, 6.45) is 0. The number of nitrogens with zero attached hydrogens (tertiary/aromatic N) is 4. The molecular weight excluding hydrogens is 506 g/mol. The van der Waals surface area contributed by atoms with Crippen molar-refractivity contribution >= 4 is 67.3 Å². The second kappa shape index (κ2) is 10.2. The number of thiophene rings is 2. The van der Waals surface area contributed by atoms with Crippen molar-refractivity contribution in [3.8, 4) is 11.4 Å². The van der Waals surface area contributed by atoms with Crippen LogP contribution in [-0.2, 0) is 16.6 Å². The first-order chi connectivity index (χ1) is 16.7. The van der Waals surface area contributed by atoms with Crippen molar-refractivity contribution in [3.63, 3.8) is 0 Å². The maximum Gasteiger partial charge on any atom is 0.341 e. The molecule has 4 rings (SSSR count). The average Bonchev–Trinajstić information content (AvgIpc) is 3.51. The van der Waals surface area contributed by atoms with Crippen LogP contribution in [0.15, 0.2) is 34.8 Å². The van der Waals surface area contributed by atoms with Crippen LogP contribution < -0.4 is 5.32 Å². The number of fused-ring (bicyclic) bond motifs is 1. The van der Waals surface area contributed by atoms with E-state index in [1.165, 1.54) is 28.5 Å². The van der Waals surface area contributed by atoms with Crippen LogP contribution in [0.1, 0.15) is 25.6 Å². The zero-order chi connectivity index (χ0) is 25.3. The molecule has 0 unspecified atom stereocenters. The van der Waals surface area contributed by atoms with Crippen LogP contribution in [0.2, 0.25) is 0 Å². The minimum Gasteiger partial charge on any atom is -0.465 e. The van der Waals surface area contributed by atoms with Crippen LogP contribution in [0.4, 0.5) is 5.00 Å². The molecule has 182 valence electrons. The number of nitrogens with one attached hydrogen (secondary N) is 1. The number of thioether (sulfide) groups is 1. The van der Waals surface area contributed by atoms with E-state index in [0.29, 0.717) is 15.6 Å². The van der Waals surface area contributed by atoms with Gasteiger partial charge in [0.15, 0.2) is 11.0 Å². The number of anilines is 1. The SMILES string of the molecule is COC(=O)c1c(NC(=O)CSc2nnc(-c3csc4ccccc34)n2C)sc(C(=O)N(C)C)c1C. The van der Waals surface area contributed by atoms with Crippen molar-refractivity contribution < 1.29 is 19.1 Å². The van der Waals surface area contributed by atoms with Crippen LogP contribution in [0, 0.1) is 6.92 Å². The van der Waals surface area contributed by atoms with E-state index >= 15 is 0 Å². The van der Waals surface area contributed by atoms with Gasteiger partial charge in [0.25, 0.3) is 5.91 Å². The summed E-state index contributed by atoms with van der Waals surface area (Å²) in [5.41, 5.74) is 1.66. The summed E-state index contributed by atoms with van der Waals surface area (Å²) >= 11 is 3.93. The van der Waals surface area contributed by atoms with Gasteiger partial charge in [-0.05, 0) is 18.6 Å². The molecule has 0 aliphatic heterocycles. The monoisotopic (exact) mass is 529 g/mol. The first-order valence-electron chi connectivity index (χ1n) is 10.4. The van der Waals surface area contributed by atoms with Gasteiger partial charge in [0.1, 0.15) is 5.00 Å². The lowest BCUT2D eigenvalue weighted by atomic mass is 10.1. The Bertz CT molecular complexity index is 1440. The molecule has 0 atom stereocenters. The topological polar surface area (TPSA) is 106 Å². The number of aromatic nitrogens is 3. The molecule has 0 aliphatic rings. The van der Waals surface area contributed by atoms with Gasteiger partial charge < -0.3 is 19.5 Å². The summed E-state index contributed by atoms with van der Waals surface area (Å²) in [5.74, 6) is -0.430. The second-order valence-corrected chi connectivity index (χ2v) is 10.7. The van der Waals surface area contributed by atoms with E-state index in [0.717, 1.165) is 28.1 Å². The van der Waals surface area contributed by atoms with Crippen LogP contribution in [0.5, 0.6) is 0 Å². The smallest absolute Gasteiger partial charge is 0.341 e. The fourth-order valence-corrected chi connectivity index (χ4v) is 6.36. The molecule has 9 nitrogen and oxygen atoms in total. The first-order valence-corrected chi connectivity index (χ1v) is 13.1. The van der Waals surface area contributed by atoms with Gasteiger partial charge in [-0.1, -0.05) is 30.0 Å². The number of benzene rings is 1. The van der Waals surface area contributed by atoms with E-state index in [2.05, 4.69) is 27.0 Å². The largest absolute Gasteiger partial charge is 0.465 e. The Kier molecular flexibility index (Phi) is 7.24. The number of carbonyl (C=O) groups is 3. The van der Waals surface area contributed by atoms with Gasteiger partial charge in [-0.2, -0.15) is 0 Å². The minimum atomic E-state index is -0.611. The van der Waals surface area contributed by atoms with E-state index in [-0.39, 0.29) is 28.1 Å². The number of hydrogen-bond acceptors (Lipinski definition) is 9. The molecule has 12 heteroatoms. The lowest BCUT2D eigenvalue weighted by molar-refractivity contribution is -0.113. The third-order valence-corrected chi connectivity index (χ3v) is 8.46. The Balaban J connectivity index is 1.51.